The van der Waals surface area contributed by atoms with Crippen LogP contribution < -0.4 is 4.90 Å². The SMILES string of the molecule is O=C(c1cc(N2CCC(F)CC2)ccn1)N(O)Cc1ccccc1. The van der Waals surface area contributed by atoms with Crippen LogP contribution in [0.3, 0.4) is 0 Å². The predicted molar refractivity (Wildman–Crippen MR) is 88.7 cm³/mol. The van der Waals surface area contributed by atoms with Gasteiger partial charge in [-0.1, -0.05) is 30.3 Å². The highest BCUT2D eigenvalue weighted by Gasteiger charge is 2.21. The van der Waals surface area contributed by atoms with Crippen LogP contribution in [-0.2, 0) is 6.54 Å². The monoisotopic (exact) mass is 329 g/mol. The molecule has 1 aromatic carbocycles. The summed E-state index contributed by atoms with van der Waals surface area (Å²) in [7, 11) is 0. The number of piperidine rings is 1. The molecule has 2 aromatic rings. The van der Waals surface area contributed by atoms with Gasteiger partial charge in [-0.15, -0.1) is 0 Å². The normalized spacial score (nSPS) is 15.3. The summed E-state index contributed by atoms with van der Waals surface area (Å²) in [6, 6.07) is 12.7. The molecule has 1 aliphatic rings. The highest BCUT2D eigenvalue weighted by atomic mass is 19.1. The average Bonchev–Trinajstić information content (AvgIpc) is 2.62. The lowest BCUT2D eigenvalue weighted by Crippen LogP contribution is -2.34. The van der Waals surface area contributed by atoms with E-state index in [1.54, 1.807) is 18.3 Å². The summed E-state index contributed by atoms with van der Waals surface area (Å²) in [5.41, 5.74) is 1.83. The Morgan fingerprint density at radius 3 is 2.67 bits per heavy atom. The number of halogens is 1. The first-order valence-electron chi connectivity index (χ1n) is 8.03. The van der Waals surface area contributed by atoms with Crippen LogP contribution in [0.5, 0.6) is 0 Å². The molecule has 5 nitrogen and oxygen atoms in total. The van der Waals surface area contributed by atoms with E-state index >= 15 is 0 Å². The number of hydrogen-bond donors (Lipinski definition) is 1. The molecule has 3 rings (SSSR count). The number of hydrogen-bond acceptors (Lipinski definition) is 4. The van der Waals surface area contributed by atoms with Gasteiger partial charge in [0.15, 0.2) is 0 Å². The Bertz CT molecular complexity index is 688. The standard InChI is InChI=1S/C18H20FN3O2/c19-15-7-10-21(11-8-15)16-6-9-20-17(12-16)18(23)22(24)13-14-4-2-1-3-5-14/h1-6,9,12,15,24H,7-8,10-11,13H2. The second-order valence-electron chi connectivity index (χ2n) is 5.91. The first-order valence-corrected chi connectivity index (χ1v) is 8.03. The number of amides is 1. The lowest BCUT2D eigenvalue weighted by Gasteiger charge is -2.30. The number of hydroxylamine groups is 2. The summed E-state index contributed by atoms with van der Waals surface area (Å²) in [5.74, 6) is -0.555. The van der Waals surface area contributed by atoms with Crippen LogP contribution in [0.15, 0.2) is 48.7 Å². The van der Waals surface area contributed by atoms with Crippen molar-refractivity contribution in [2.24, 2.45) is 0 Å². The molecule has 0 aliphatic carbocycles. The van der Waals surface area contributed by atoms with Crippen LogP contribution >= 0.6 is 0 Å². The number of anilines is 1. The summed E-state index contributed by atoms with van der Waals surface area (Å²) >= 11 is 0. The Morgan fingerprint density at radius 1 is 1.25 bits per heavy atom. The van der Waals surface area contributed by atoms with Gasteiger partial charge in [0.2, 0.25) is 0 Å². The average molecular weight is 329 g/mol. The Kier molecular flexibility index (Phi) is 5.05. The van der Waals surface area contributed by atoms with E-state index in [1.807, 2.05) is 35.2 Å². The predicted octanol–water partition coefficient (Wildman–Crippen LogP) is 3.05. The molecular weight excluding hydrogens is 309 g/mol. The molecule has 24 heavy (non-hydrogen) atoms. The molecule has 126 valence electrons. The molecule has 0 saturated carbocycles. The number of alkyl halides is 1. The largest absolute Gasteiger partial charge is 0.371 e. The number of benzene rings is 1. The van der Waals surface area contributed by atoms with Crippen LogP contribution in [0.2, 0.25) is 0 Å². The fraction of sp³-hybridized carbons (Fsp3) is 0.333. The van der Waals surface area contributed by atoms with Gasteiger partial charge in [0.1, 0.15) is 11.9 Å². The van der Waals surface area contributed by atoms with Crippen molar-refractivity contribution >= 4 is 11.6 Å². The Morgan fingerprint density at radius 2 is 1.96 bits per heavy atom. The minimum Gasteiger partial charge on any atom is -0.371 e. The van der Waals surface area contributed by atoms with Gasteiger partial charge in [-0.2, -0.15) is 0 Å². The fourth-order valence-corrected chi connectivity index (χ4v) is 2.80. The lowest BCUT2D eigenvalue weighted by atomic mass is 10.1. The Labute approximate surface area is 140 Å². The summed E-state index contributed by atoms with van der Waals surface area (Å²) in [5, 5.41) is 10.7. The number of aromatic nitrogens is 1. The molecule has 1 saturated heterocycles. The highest BCUT2D eigenvalue weighted by molar-refractivity contribution is 5.92. The number of rotatable bonds is 4. The Hall–Kier alpha value is -2.47. The molecule has 1 aromatic heterocycles. The summed E-state index contributed by atoms with van der Waals surface area (Å²) in [6.07, 6.45) is 1.78. The summed E-state index contributed by atoms with van der Waals surface area (Å²) < 4.78 is 13.3. The minimum atomic E-state index is -0.747. The van der Waals surface area contributed by atoms with Crippen molar-refractivity contribution < 1.29 is 14.4 Å². The summed E-state index contributed by atoms with van der Waals surface area (Å²) in [4.78, 5) is 18.5. The molecule has 1 fully saturated rings. The molecule has 1 amide bonds. The van der Waals surface area contributed by atoms with Crippen molar-refractivity contribution in [2.75, 3.05) is 18.0 Å². The van der Waals surface area contributed by atoms with Crippen molar-refractivity contribution in [1.82, 2.24) is 10.0 Å². The smallest absolute Gasteiger partial charge is 0.296 e. The molecule has 0 atom stereocenters. The first kappa shape index (κ1) is 16.4. The second kappa shape index (κ2) is 7.40. The van der Waals surface area contributed by atoms with Crippen LogP contribution in [0.25, 0.3) is 0 Å². The van der Waals surface area contributed by atoms with Crippen LogP contribution in [0, 0.1) is 0 Å². The number of carbonyl (C=O) groups excluding carboxylic acids is 1. The second-order valence-corrected chi connectivity index (χ2v) is 5.91. The van der Waals surface area contributed by atoms with Gasteiger partial charge >= 0.3 is 0 Å². The summed E-state index contributed by atoms with van der Waals surface area (Å²) in [6.45, 7) is 1.33. The molecule has 0 unspecified atom stereocenters. The fourth-order valence-electron chi connectivity index (χ4n) is 2.80. The van der Waals surface area contributed by atoms with Crippen LogP contribution in [-0.4, -0.2) is 40.4 Å². The van der Waals surface area contributed by atoms with Gasteiger partial charge in [0.25, 0.3) is 5.91 Å². The molecule has 0 radical (unpaired) electrons. The van der Waals surface area contributed by atoms with Gasteiger partial charge in [0.05, 0.1) is 6.54 Å². The van der Waals surface area contributed by atoms with E-state index < -0.39 is 12.1 Å². The lowest BCUT2D eigenvalue weighted by molar-refractivity contribution is -0.0652. The van der Waals surface area contributed by atoms with E-state index in [1.165, 1.54) is 0 Å². The Balaban J connectivity index is 1.69. The quantitative estimate of drug-likeness (QED) is 0.692. The third-order valence-electron chi connectivity index (χ3n) is 4.16. The van der Waals surface area contributed by atoms with E-state index in [-0.39, 0.29) is 12.2 Å². The molecule has 1 N–H and O–H groups in total. The topological polar surface area (TPSA) is 56.7 Å². The third kappa shape index (κ3) is 3.89. The van der Waals surface area contributed by atoms with E-state index in [0.717, 1.165) is 11.3 Å². The molecule has 1 aliphatic heterocycles. The highest BCUT2D eigenvalue weighted by Crippen LogP contribution is 2.22. The number of carbonyl (C=O) groups is 1. The zero-order valence-electron chi connectivity index (χ0n) is 13.3. The maximum Gasteiger partial charge on any atom is 0.296 e. The van der Waals surface area contributed by atoms with Crippen molar-refractivity contribution in [3.8, 4) is 0 Å². The van der Waals surface area contributed by atoms with Crippen molar-refractivity contribution in [3.05, 3.63) is 59.9 Å². The molecule has 0 bridgehead atoms. The van der Waals surface area contributed by atoms with Gasteiger partial charge in [-0.05, 0) is 30.5 Å². The van der Waals surface area contributed by atoms with Gasteiger partial charge < -0.3 is 4.90 Å². The molecular formula is C18H20FN3O2. The first-order chi connectivity index (χ1) is 11.6. The van der Waals surface area contributed by atoms with Gasteiger partial charge in [0, 0.05) is 25.0 Å². The van der Waals surface area contributed by atoms with Crippen molar-refractivity contribution in [1.29, 1.82) is 0 Å². The van der Waals surface area contributed by atoms with Crippen molar-refractivity contribution in [3.63, 3.8) is 0 Å². The van der Waals surface area contributed by atoms with E-state index in [0.29, 0.717) is 31.0 Å². The van der Waals surface area contributed by atoms with E-state index in [4.69, 9.17) is 0 Å². The van der Waals surface area contributed by atoms with Crippen LogP contribution in [0.1, 0.15) is 28.9 Å². The number of nitrogens with zero attached hydrogens (tertiary/aromatic N) is 3. The van der Waals surface area contributed by atoms with Crippen LogP contribution in [0.4, 0.5) is 10.1 Å². The molecule has 2 heterocycles. The van der Waals surface area contributed by atoms with E-state index in [9.17, 15) is 14.4 Å². The zero-order chi connectivity index (χ0) is 16.9. The molecule has 6 heteroatoms. The van der Waals surface area contributed by atoms with Gasteiger partial charge in [-0.25, -0.2) is 9.45 Å². The zero-order valence-corrected chi connectivity index (χ0v) is 13.3. The number of pyridine rings is 1. The third-order valence-corrected chi connectivity index (χ3v) is 4.16. The van der Waals surface area contributed by atoms with Crippen molar-refractivity contribution in [2.45, 2.75) is 25.6 Å². The molecule has 0 spiro atoms. The maximum atomic E-state index is 13.3. The maximum absolute atomic E-state index is 13.3. The van der Waals surface area contributed by atoms with Gasteiger partial charge in [-0.3, -0.25) is 15.0 Å². The minimum absolute atomic E-state index is 0.0961. The van der Waals surface area contributed by atoms with E-state index in [2.05, 4.69) is 4.98 Å².